The van der Waals surface area contributed by atoms with Crippen LogP contribution in [0.1, 0.15) is 39.5 Å². The topological polar surface area (TPSA) is 15.3 Å². The van der Waals surface area contributed by atoms with Crippen molar-refractivity contribution >= 4 is 11.8 Å². The van der Waals surface area contributed by atoms with Crippen molar-refractivity contribution in [2.75, 3.05) is 38.5 Å². The predicted octanol–water partition coefficient (Wildman–Crippen LogP) is 2.59. The summed E-state index contributed by atoms with van der Waals surface area (Å²) in [6, 6.07) is 0. The molecule has 2 nitrogen and oxygen atoms in total. The Morgan fingerprint density at radius 3 is 2.76 bits per heavy atom. The van der Waals surface area contributed by atoms with E-state index >= 15 is 0 Å². The van der Waals surface area contributed by atoms with Gasteiger partial charge in [-0.2, -0.15) is 11.8 Å². The first-order valence-corrected chi connectivity index (χ1v) is 8.21. The fraction of sp³-hybridized carbons (Fsp3) is 1.00. The van der Waals surface area contributed by atoms with Gasteiger partial charge >= 0.3 is 0 Å². The molecule has 0 unspecified atom stereocenters. The Hall–Kier alpha value is 0.270. The first-order chi connectivity index (χ1) is 8.16. The standard InChI is InChI=1S/C14H28N2S/c1-14(2)6-10-16(11-12-17-14)9-5-13-3-7-15-8-4-13/h13,15H,3-12H2,1-2H3. The monoisotopic (exact) mass is 256 g/mol. The summed E-state index contributed by atoms with van der Waals surface area (Å²) < 4.78 is 0.503. The van der Waals surface area contributed by atoms with E-state index in [1.807, 2.05) is 0 Å². The number of hydrogen-bond donors (Lipinski definition) is 1. The van der Waals surface area contributed by atoms with Crippen LogP contribution in [0.25, 0.3) is 0 Å². The van der Waals surface area contributed by atoms with E-state index in [0.29, 0.717) is 4.75 Å². The molecular weight excluding hydrogens is 228 g/mol. The molecule has 0 aromatic carbocycles. The summed E-state index contributed by atoms with van der Waals surface area (Å²) in [5.41, 5.74) is 0. The largest absolute Gasteiger partial charge is 0.317 e. The molecule has 1 N–H and O–H groups in total. The Labute approximate surface area is 111 Å². The molecule has 0 spiro atoms. The van der Waals surface area contributed by atoms with Crippen LogP contribution in [-0.4, -0.2) is 48.1 Å². The van der Waals surface area contributed by atoms with E-state index in [1.54, 1.807) is 0 Å². The first kappa shape index (κ1) is 13.7. The molecule has 2 aliphatic rings. The maximum atomic E-state index is 3.46. The van der Waals surface area contributed by atoms with E-state index in [0.717, 1.165) is 5.92 Å². The number of nitrogens with zero attached hydrogens (tertiary/aromatic N) is 1. The molecule has 0 aromatic heterocycles. The third kappa shape index (κ3) is 4.80. The van der Waals surface area contributed by atoms with Crippen molar-refractivity contribution in [3.8, 4) is 0 Å². The molecule has 0 aliphatic carbocycles. The molecule has 2 rings (SSSR count). The number of piperidine rings is 1. The number of hydrogen-bond acceptors (Lipinski definition) is 3. The minimum Gasteiger partial charge on any atom is -0.317 e. The van der Waals surface area contributed by atoms with Crippen LogP contribution in [0.15, 0.2) is 0 Å². The zero-order valence-corrected chi connectivity index (χ0v) is 12.3. The molecule has 17 heavy (non-hydrogen) atoms. The summed E-state index contributed by atoms with van der Waals surface area (Å²) in [6.45, 7) is 11.2. The van der Waals surface area contributed by atoms with Crippen LogP contribution in [0.3, 0.4) is 0 Å². The highest BCUT2D eigenvalue weighted by Gasteiger charge is 2.24. The molecular formula is C14H28N2S. The molecule has 0 bridgehead atoms. The SMILES string of the molecule is CC1(C)CCN(CCC2CCNCC2)CCS1. The third-order valence-electron chi connectivity index (χ3n) is 4.24. The Morgan fingerprint density at radius 1 is 1.24 bits per heavy atom. The quantitative estimate of drug-likeness (QED) is 0.835. The lowest BCUT2D eigenvalue weighted by Gasteiger charge is -2.27. The number of nitrogens with one attached hydrogen (secondary N) is 1. The van der Waals surface area contributed by atoms with Crippen LogP contribution in [0, 0.1) is 5.92 Å². The lowest BCUT2D eigenvalue weighted by Crippen LogP contribution is -2.32. The highest BCUT2D eigenvalue weighted by atomic mass is 32.2. The fourth-order valence-electron chi connectivity index (χ4n) is 2.82. The van der Waals surface area contributed by atoms with E-state index in [2.05, 4.69) is 35.8 Å². The highest BCUT2D eigenvalue weighted by molar-refractivity contribution is 8.00. The molecule has 3 heteroatoms. The average molecular weight is 256 g/mol. The second-order valence-corrected chi connectivity index (χ2v) is 7.98. The second kappa shape index (κ2) is 6.44. The van der Waals surface area contributed by atoms with Crippen LogP contribution in [-0.2, 0) is 0 Å². The van der Waals surface area contributed by atoms with E-state index in [9.17, 15) is 0 Å². The maximum absolute atomic E-state index is 3.46. The van der Waals surface area contributed by atoms with Gasteiger partial charge in [-0.05, 0) is 57.8 Å². The van der Waals surface area contributed by atoms with Crippen molar-refractivity contribution in [2.24, 2.45) is 5.92 Å². The zero-order chi connectivity index (χ0) is 12.1. The second-order valence-electron chi connectivity index (χ2n) is 6.18. The smallest absolute Gasteiger partial charge is 0.0116 e. The molecule has 0 atom stereocenters. The van der Waals surface area contributed by atoms with Gasteiger partial charge < -0.3 is 10.2 Å². The molecule has 2 saturated heterocycles. The van der Waals surface area contributed by atoms with Gasteiger partial charge in [0.15, 0.2) is 0 Å². The lowest BCUT2D eigenvalue weighted by atomic mass is 9.94. The van der Waals surface area contributed by atoms with E-state index in [4.69, 9.17) is 0 Å². The minimum atomic E-state index is 0.503. The summed E-state index contributed by atoms with van der Waals surface area (Å²) in [4.78, 5) is 2.70. The van der Waals surface area contributed by atoms with Gasteiger partial charge in [-0.3, -0.25) is 0 Å². The van der Waals surface area contributed by atoms with E-state index < -0.39 is 0 Å². The first-order valence-electron chi connectivity index (χ1n) is 7.23. The average Bonchev–Trinajstić information content (AvgIpc) is 2.49. The molecule has 2 fully saturated rings. The van der Waals surface area contributed by atoms with Gasteiger partial charge in [0.25, 0.3) is 0 Å². The summed E-state index contributed by atoms with van der Waals surface area (Å²) >= 11 is 2.15. The fourth-order valence-corrected chi connectivity index (χ4v) is 3.96. The van der Waals surface area contributed by atoms with Crippen LogP contribution in [0.4, 0.5) is 0 Å². The van der Waals surface area contributed by atoms with Crippen LogP contribution < -0.4 is 5.32 Å². The van der Waals surface area contributed by atoms with Crippen molar-refractivity contribution < 1.29 is 0 Å². The number of rotatable bonds is 3. The molecule has 100 valence electrons. The van der Waals surface area contributed by atoms with Gasteiger partial charge in [0, 0.05) is 17.0 Å². The van der Waals surface area contributed by atoms with Gasteiger partial charge in [0.05, 0.1) is 0 Å². The van der Waals surface area contributed by atoms with Gasteiger partial charge in [-0.1, -0.05) is 13.8 Å². The third-order valence-corrected chi connectivity index (χ3v) is 5.62. The summed E-state index contributed by atoms with van der Waals surface area (Å²) in [7, 11) is 0. The molecule has 0 radical (unpaired) electrons. The highest BCUT2D eigenvalue weighted by Crippen LogP contribution is 2.30. The lowest BCUT2D eigenvalue weighted by molar-refractivity contribution is 0.242. The van der Waals surface area contributed by atoms with Crippen LogP contribution >= 0.6 is 11.8 Å². The molecule has 0 saturated carbocycles. The van der Waals surface area contributed by atoms with E-state index in [1.165, 1.54) is 64.2 Å². The normalized spacial score (nSPS) is 27.9. The molecule has 2 aliphatic heterocycles. The zero-order valence-electron chi connectivity index (χ0n) is 11.5. The van der Waals surface area contributed by atoms with Gasteiger partial charge in [-0.25, -0.2) is 0 Å². The van der Waals surface area contributed by atoms with Crippen LogP contribution in [0.5, 0.6) is 0 Å². The van der Waals surface area contributed by atoms with E-state index in [-0.39, 0.29) is 0 Å². The molecule has 0 amide bonds. The predicted molar refractivity (Wildman–Crippen MR) is 77.8 cm³/mol. The Morgan fingerprint density at radius 2 is 2.00 bits per heavy atom. The Bertz CT molecular complexity index is 224. The summed E-state index contributed by atoms with van der Waals surface area (Å²) in [5.74, 6) is 2.30. The van der Waals surface area contributed by atoms with Crippen molar-refractivity contribution in [3.63, 3.8) is 0 Å². The minimum absolute atomic E-state index is 0.503. The van der Waals surface area contributed by atoms with Crippen molar-refractivity contribution in [2.45, 2.75) is 44.3 Å². The van der Waals surface area contributed by atoms with Gasteiger partial charge in [0.1, 0.15) is 0 Å². The molecule has 2 heterocycles. The summed E-state index contributed by atoms with van der Waals surface area (Å²) in [5, 5.41) is 3.46. The van der Waals surface area contributed by atoms with Crippen LogP contribution in [0.2, 0.25) is 0 Å². The van der Waals surface area contributed by atoms with Gasteiger partial charge in [0.2, 0.25) is 0 Å². The molecule has 0 aromatic rings. The Balaban J connectivity index is 1.68. The summed E-state index contributed by atoms with van der Waals surface area (Å²) in [6.07, 6.45) is 5.57. The van der Waals surface area contributed by atoms with Gasteiger partial charge in [-0.15, -0.1) is 0 Å². The van der Waals surface area contributed by atoms with Crippen molar-refractivity contribution in [1.29, 1.82) is 0 Å². The van der Waals surface area contributed by atoms with Crippen molar-refractivity contribution in [1.82, 2.24) is 10.2 Å². The Kier molecular flexibility index (Phi) is 5.19. The van der Waals surface area contributed by atoms with Crippen molar-refractivity contribution in [3.05, 3.63) is 0 Å². The number of thioether (sulfide) groups is 1. The maximum Gasteiger partial charge on any atom is 0.0116 e.